The Hall–Kier alpha value is -0.420. The summed E-state index contributed by atoms with van der Waals surface area (Å²) in [4.78, 5) is 14.1. The fourth-order valence-corrected chi connectivity index (χ4v) is 3.13. The lowest BCUT2D eigenvalue weighted by Gasteiger charge is -2.36. The maximum Gasteiger partial charge on any atom is 0.239 e. The number of nitrogens with one attached hydrogen (secondary N) is 1. The van der Waals surface area contributed by atoms with Crippen LogP contribution in [0.1, 0.15) is 33.1 Å². The molecular formula is C12H24N2O2S. The first-order valence-electron chi connectivity index (χ1n) is 6.40. The molecule has 100 valence electrons. The molecule has 1 aliphatic heterocycles. The molecule has 5 heteroatoms. The Labute approximate surface area is 107 Å². The van der Waals surface area contributed by atoms with Crippen LogP contribution in [0.3, 0.4) is 0 Å². The third-order valence-electron chi connectivity index (χ3n) is 3.12. The number of rotatable bonds is 6. The Morgan fingerprint density at radius 2 is 2.29 bits per heavy atom. The Kier molecular flexibility index (Phi) is 6.12. The summed E-state index contributed by atoms with van der Waals surface area (Å²) in [6, 6.07) is 0.0519. The number of carbonyl (C=O) groups is 1. The van der Waals surface area contributed by atoms with E-state index in [0.29, 0.717) is 5.75 Å². The monoisotopic (exact) mass is 260 g/mol. The van der Waals surface area contributed by atoms with Gasteiger partial charge in [-0.3, -0.25) is 9.00 Å². The van der Waals surface area contributed by atoms with Crippen LogP contribution < -0.4 is 5.32 Å². The number of hydrogen-bond donors (Lipinski definition) is 1. The van der Waals surface area contributed by atoms with Crippen LogP contribution >= 0.6 is 0 Å². The first-order chi connectivity index (χ1) is 8.06. The van der Waals surface area contributed by atoms with E-state index in [-0.39, 0.29) is 18.0 Å². The molecule has 0 aromatic carbocycles. The van der Waals surface area contributed by atoms with E-state index in [1.807, 2.05) is 11.8 Å². The molecule has 1 amide bonds. The molecule has 0 saturated carbocycles. The summed E-state index contributed by atoms with van der Waals surface area (Å²) in [7, 11) is -0.843. The van der Waals surface area contributed by atoms with E-state index >= 15 is 0 Å². The van der Waals surface area contributed by atoms with E-state index in [2.05, 4.69) is 12.2 Å². The van der Waals surface area contributed by atoms with Gasteiger partial charge in [-0.05, 0) is 32.7 Å². The minimum Gasteiger partial charge on any atom is -0.338 e. The van der Waals surface area contributed by atoms with Gasteiger partial charge in [-0.1, -0.05) is 6.92 Å². The van der Waals surface area contributed by atoms with Gasteiger partial charge >= 0.3 is 0 Å². The molecule has 1 heterocycles. The van der Waals surface area contributed by atoms with Crippen LogP contribution in [-0.2, 0) is 15.6 Å². The van der Waals surface area contributed by atoms with Crippen molar-refractivity contribution in [1.82, 2.24) is 10.2 Å². The average Bonchev–Trinajstić information content (AvgIpc) is 2.26. The molecule has 3 unspecified atom stereocenters. The van der Waals surface area contributed by atoms with E-state index in [1.165, 1.54) is 0 Å². The number of piperidine rings is 1. The molecule has 3 atom stereocenters. The molecule has 1 saturated heterocycles. The van der Waals surface area contributed by atoms with Crippen LogP contribution in [0.5, 0.6) is 0 Å². The Morgan fingerprint density at radius 3 is 2.88 bits per heavy atom. The third kappa shape index (κ3) is 4.39. The second-order valence-corrected chi connectivity index (χ2v) is 6.25. The van der Waals surface area contributed by atoms with Crippen molar-refractivity contribution >= 4 is 16.7 Å². The maximum absolute atomic E-state index is 12.2. The molecule has 1 N–H and O–H groups in total. The van der Waals surface area contributed by atoms with Crippen LogP contribution in [0.25, 0.3) is 0 Å². The smallest absolute Gasteiger partial charge is 0.239 e. The predicted molar refractivity (Wildman–Crippen MR) is 71.4 cm³/mol. The summed E-state index contributed by atoms with van der Waals surface area (Å²) in [5.74, 6) is 0.759. The lowest BCUT2D eigenvalue weighted by Crippen LogP contribution is -2.54. The second kappa shape index (κ2) is 7.11. The van der Waals surface area contributed by atoms with Gasteiger partial charge in [-0.25, -0.2) is 0 Å². The molecule has 4 nitrogen and oxygen atoms in total. The van der Waals surface area contributed by atoms with Gasteiger partial charge < -0.3 is 10.2 Å². The summed E-state index contributed by atoms with van der Waals surface area (Å²) in [6.45, 7) is 5.78. The van der Waals surface area contributed by atoms with Crippen molar-refractivity contribution in [1.29, 1.82) is 0 Å². The van der Waals surface area contributed by atoms with E-state index in [1.54, 1.807) is 6.26 Å². The minimum atomic E-state index is -0.843. The van der Waals surface area contributed by atoms with Crippen LogP contribution in [0, 0.1) is 0 Å². The number of hydrogen-bond acceptors (Lipinski definition) is 3. The quantitative estimate of drug-likeness (QED) is 0.766. The summed E-state index contributed by atoms with van der Waals surface area (Å²) in [5, 5.41) is 3.29. The molecule has 1 fully saturated rings. The molecule has 1 rings (SSSR count). The van der Waals surface area contributed by atoms with Crippen molar-refractivity contribution in [3.63, 3.8) is 0 Å². The molecule has 0 aliphatic carbocycles. The first kappa shape index (κ1) is 14.6. The fourth-order valence-electron chi connectivity index (χ4n) is 2.27. The van der Waals surface area contributed by atoms with Gasteiger partial charge in [0.1, 0.15) is 0 Å². The van der Waals surface area contributed by atoms with Crippen molar-refractivity contribution in [2.75, 3.05) is 25.1 Å². The highest BCUT2D eigenvalue weighted by molar-refractivity contribution is 7.84. The Morgan fingerprint density at radius 1 is 1.59 bits per heavy atom. The topological polar surface area (TPSA) is 49.4 Å². The summed E-state index contributed by atoms with van der Waals surface area (Å²) < 4.78 is 11.2. The highest BCUT2D eigenvalue weighted by Gasteiger charge is 2.31. The lowest BCUT2D eigenvalue weighted by molar-refractivity contribution is -0.137. The maximum atomic E-state index is 12.2. The van der Waals surface area contributed by atoms with Crippen molar-refractivity contribution in [2.24, 2.45) is 0 Å². The van der Waals surface area contributed by atoms with Gasteiger partial charge in [0.05, 0.1) is 6.04 Å². The van der Waals surface area contributed by atoms with Crippen molar-refractivity contribution in [3.8, 4) is 0 Å². The highest BCUT2D eigenvalue weighted by Crippen LogP contribution is 2.15. The van der Waals surface area contributed by atoms with Crippen LogP contribution in [0.2, 0.25) is 0 Å². The standard InChI is InChI=1S/C12H24N2O2S/c1-4-7-13-11-6-5-8-14(12(11)15)10(2)9-17(3)16/h10-11,13H,4-9H2,1-3H3. The second-order valence-electron chi connectivity index (χ2n) is 4.77. The van der Waals surface area contributed by atoms with Gasteiger partial charge in [0.25, 0.3) is 0 Å². The zero-order valence-corrected chi connectivity index (χ0v) is 11.9. The van der Waals surface area contributed by atoms with Gasteiger partial charge in [0.2, 0.25) is 5.91 Å². The van der Waals surface area contributed by atoms with Crippen LogP contribution in [0.15, 0.2) is 0 Å². The van der Waals surface area contributed by atoms with E-state index in [0.717, 1.165) is 32.4 Å². The first-order valence-corrected chi connectivity index (χ1v) is 8.12. The van der Waals surface area contributed by atoms with Crippen molar-refractivity contribution < 1.29 is 9.00 Å². The van der Waals surface area contributed by atoms with E-state index < -0.39 is 10.8 Å². The summed E-state index contributed by atoms with van der Waals surface area (Å²) in [6.07, 6.45) is 4.70. The van der Waals surface area contributed by atoms with E-state index in [4.69, 9.17) is 0 Å². The van der Waals surface area contributed by atoms with Crippen LogP contribution in [-0.4, -0.2) is 52.2 Å². The largest absolute Gasteiger partial charge is 0.338 e. The van der Waals surface area contributed by atoms with Gasteiger partial charge in [-0.15, -0.1) is 0 Å². The normalized spacial score (nSPS) is 24.8. The molecule has 0 radical (unpaired) electrons. The predicted octanol–water partition coefficient (Wildman–Crippen LogP) is 0.744. The van der Waals surface area contributed by atoms with Crippen molar-refractivity contribution in [2.45, 2.75) is 45.2 Å². The molecule has 17 heavy (non-hydrogen) atoms. The summed E-state index contributed by atoms with van der Waals surface area (Å²) in [5.41, 5.74) is 0. The summed E-state index contributed by atoms with van der Waals surface area (Å²) >= 11 is 0. The molecule has 1 aliphatic rings. The number of amides is 1. The number of likely N-dealkylation sites (tertiary alicyclic amines) is 1. The van der Waals surface area contributed by atoms with Gasteiger partial charge in [0, 0.05) is 35.4 Å². The highest BCUT2D eigenvalue weighted by atomic mass is 32.2. The molecule has 0 aromatic rings. The fraction of sp³-hybridized carbons (Fsp3) is 0.917. The van der Waals surface area contributed by atoms with Crippen molar-refractivity contribution in [3.05, 3.63) is 0 Å². The molecule has 0 bridgehead atoms. The average molecular weight is 260 g/mol. The van der Waals surface area contributed by atoms with Gasteiger partial charge in [-0.2, -0.15) is 0 Å². The minimum absolute atomic E-state index is 0.0311. The molecular weight excluding hydrogens is 236 g/mol. The SMILES string of the molecule is CCCNC1CCCN(C(C)CS(C)=O)C1=O. The lowest BCUT2D eigenvalue weighted by atomic mass is 10.0. The number of nitrogens with zero attached hydrogens (tertiary/aromatic N) is 1. The Balaban J connectivity index is 2.54. The van der Waals surface area contributed by atoms with Gasteiger partial charge in [0.15, 0.2) is 0 Å². The van der Waals surface area contributed by atoms with Crippen LogP contribution in [0.4, 0.5) is 0 Å². The zero-order valence-electron chi connectivity index (χ0n) is 11.1. The third-order valence-corrected chi connectivity index (χ3v) is 4.07. The molecule has 0 aromatic heterocycles. The Bertz CT molecular complexity index is 284. The van der Waals surface area contributed by atoms with E-state index in [9.17, 15) is 9.00 Å². The number of carbonyl (C=O) groups excluding carboxylic acids is 1. The zero-order chi connectivity index (χ0) is 12.8. The molecule has 0 spiro atoms.